The van der Waals surface area contributed by atoms with E-state index in [1.54, 1.807) is 41.7 Å². The van der Waals surface area contributed by atoms with Gasteiger partial charge in [0.1, 0.15) is 5.56 Å². The van der Waals surface area contributed by atoms with Gasteiger partial charge in [0.2, 0.25) is 0 Å². The highest BCUT2D eigenvalue weighted by Crippen LogP contribution is 2.29. The molecular weight excluding hydrogens is 370 g/mol. The summed E-state index contributed by atoms with van der Waals surface area (Å²) in [4.78, 5) is 29.7. The molecule has 0 saturated carbocycles. The molecule has 2 aromatic heterocycles. The van der Waals surface area contributed by atoms with Gasteiger partial charge in [-0.3, -0.25) is 14.9 Å². The average Bonchev–Trinajstić information content (AvgIpc) is 3.23. The summed E-state index contributed by atoms with van der Waals surface area (Å²) in [5.41, 5.74) is 1.41. The van der Waals surface area contributed by atoms with Gasteiger partial charge in [0, 0.05) is 22.4 Å². The Balaban J connectivity index is 1.62. The lowest BCUT2D eigenvalue weighted by molar-refractivity contribution is -0.385. The number of thiazole rings is 1. The Morgan fingerprint density at radius 3 is 2.77 bits per heavy atom. The number of hydrogen-bond donors (Lipinski definition) is 1. The molecule has 0 spiro atoms. The number of carbonyl (C=O) groups excluding carboxylic acids is 1. The average molecular weight is 387 g/mol. The molecule has 1 amide bonds. The van der Waals surface area contributed by atoms with Crippen LogP contribution in [0.4, 0.5) is 5.69 Å². The first-order valence-corrected chi connectivity index (χ1v) is 9.68. The number of rotatable bonds is 6. The number of aryl methyl sites for hydroxylation is 2. The van der Waals surface area contributed by atoms with Crippen LogP contribution in [0.5, 0.6) is 0 Å². The Labute approximate surface area is 158 Å². The fraction of sp³-hybridized carbons (Fsp3) is 0.222. The third kappa shape index (κ3) is 3.97. The fourth-order valence-corrected chi connectivity index (χ4v) is 4.26. The summed E-state index contributed by atoms with van der Waals surface area (Å²) in [6, 6.07) is 8.81. The van der Waals surface area contributed by atoms with Crippen LogP contribution in [0.1, 0.15) is 25.8 Å². The van der Waals surface area contributed by atoms with E-state index >= 15 is 0 Å². The molecule has 0 atom stereocenters. The zero-order valence-corrected chi connectivity index (χ0v) is 15.9. The summed E-state index contributed by atoms with van der Waals surface area (Å²) in [6.45, 7) is 4.02. The van der Waals surface area contributed by atoms with E-state index < -0.39 is 10.8 Å². The highest BCUT2D eigenvalue weighted by Gasteiger charge is 2.22. The second-order valence-electron chi connectivity index (χ2n) is 5.75. The molecule has 8 heteroatoms. The van der Waals surface area contributed by atoms with Crippen molar-refractivity contribution in [1.82, 2.24) is 10.3 Å². The Hall–Kier alpha value is -2.58. The molecule has 3 aromatic rings. The van der Waals surface area contributed by atoms with Crippen LogP contribution in [0, 0.1) is 24.0 Å². The number of nitro benzene ring substituents is 1. The van der Waals surface area contributed by atoms with E-state index in [4.69, 9.17) is 0 Å². The van der Waals surface area contributed by atoms with Crippen LogP contribution in [-0.2, 0) is 6.42 Å². The van der Waals surface area contributed by atoms with E-state index in [1.807, 2.05) is 24.4 Å². The predicted molar refractivity (Wildman–Crippen MR) is 104 cm³/mol. The molecule has 3 rings (SSSR count). The predicted octanol–water partition coefficient (Wildman–Crippen LogP) is 4.37. The third-order valence-electron chi connectivity index (χ3n) is 3.86. The molecule has 2 heterocycles. The largest absolute Gasteiger partial charge is 0.351 e. The fourth-order valence-electron chi connectivity index (χ4n) is 2.61. The Bertz CT molecular complexity index is 962. The van der Waals surface area contributed by atoms with Gasteiger partial charge < -0.3 is 5.32 Å². The van der Waals surface area contributed by atoms with Gasteiger partial charge in [-0.05, 0) is 38.5 Å². The molecule has 0 bridgehead atoms. The standard InChI is InChI=1S/C18H17N3O3S2/c1-11-4-3-5-14(17(11)21(23)24)18(22)19-9-8-13-6-7-16(26-13)15-10-25-12(2)20-15/h3-7,10H,8-9H2,1-2H3,(H,19,22). The van der Waals surface area contributed by atoms with Gasteiger partial charge in [0.05, 0.1) is 20.5 Å². The summed E-state index contributed by atoms with van der Waals surface area (Å²) in [6.07, 6.45) is 0.666. The van der Waals surface area contributed by atoms with Gasteiger partial charge in [0.15, 0.2) is 0 Å². The lowest BCUT2D eigenvalue weighted by Crippen LogP contribution is -2.26. The van der Waals surface area contributed by atoms with E-state index in [1.165, 1.54) is 6.07 Å². The Kier molecular flexibility index (Phi) is 5.43. The topological polar surface area (TPSA) is 85.1 Å². The Morgan fingerprint density at radius 2 is 2.08 bits per heavy atom. The number of nitrogens with zero attached hydrogens (tertiary/aromatic N) is 2. The number of aromatic nitrogens is 1. The van der Waals surface area contributed by atoms with Crippen LogP contribution >= 0.6 is 22.7 Å². The SMILES string of the molecule is Cc1nc(-c2ccc(CCNC(=O)c3cccc(C)c3[N+](=O)[O-])s2)cs1. The second-order valence-corrected chi connectivity index (χ2v) is 7.98. The van der Waals surface area contributed by atoms with E-state index in [0.717, 1.165) is 20.5 Å². The van der Waals surface area contributed by atoms with Crippen molar-refractivity contribution in [2.75, 3.05) is 6.54 Å². The van der Waals surface area contributed by atoms with Gasteiger partial charge in [-0.1, -0.05) is 12.1 Å². The number of carbonyl (C=O) groups is 1. The molecule has 134 valence electrons. The number of benzene rings is 1. The summed E-state index contributed by atoms with van der Waals surface area (Å²) in [5, 5.41) is 17.0. The van der Waals surface area contributed by atoms with Crippen molar-refractivity contribution in [2.24, 2.45) is 0 Å². The van der Waals surface area contributed by atoms with Crippen LogP contribution in [0.25, 0.3) is 10.6 Å². The molecule has 0 saturated heterocycles. The molecule has 1 aromatic carbocycles. The number of amides is 1. The van der Waals surface area contributed by atoms with E-state index in [2.05, 4.69) is 10.3 Å². The minimum atomic E-state index is -0.508. The van der Waals surface area contributed by atoms with Crippen molar-refractivity contribution >= 4 is 34.3 Å². The number of hydrogen-bond acceptors (Lipinski definition) is 6. The maximum atomic E-state index is 12.3. The highest BCUT2D eigenvalue weighted by molar-refractivity contribution is 7.16. The van der Waals surface area contributed by atoms with Gasteiger partial charge in [-0.15, -0.1) is 22.7 Å². The molecule has 1 N–H and O–H groups in total. The maximum absolute atomic E-state index is 12.3. The van der Waals surface area contributed by atoms with Crippen molar-refractivity contribution in [3.05, 3.63) is 66.8 Å². The quantitative estimate of drug-likeness (QED) is 0.503. The highest BCUT2D eigenvalue weighted by atomic mass is 32.1. The molecule has 0 aliphatic rings. The molecular formula is C18H17N3O3S2. The third-order valence-corrected chi connectivity index (χ3v) is 5.80. The van der Waals surface area contributed by atoms with Crippen LogP contribution in [0.15, 0.2) is 35.7 Å². The number of thiophene rings is 1. The molecule has 0 unspecified atom stereocenters. The molecule has 26 heavy (non-hydrogen) atoms. The lowest BCUT2D eigenvalue weighted by atomic mass is 10.1. The van der Waals surface area contributed by atoms with Crippen LogP contribution < -0.4 is 5.32 Å². The second kappa shape index (κ2) is 7.76. The summed E-state index contributed by atoms with van der Waals surface area (Å²) in [5.74, 6) is -0.424. The maximum Gasteiger partial charge on any atom is 0.285 e. The van der Waals surface area contributed by atoms with Crippen molar-refractivity contribution in [3.8, 4) is 10.6 Å². The van der Waals surface area contributed by atoms with Gasteiger partial charge in [-0.25, -0.2) is 4.98 Å². The first-order chi connectivity index (χ1) is 12.5. The molecule has 0 aliphatic carbocycles. The van der Waals surface area contributed by atoms with Crippen molar-refractivity contribution in [1.29, 1.82) is 0 Å². The van der Waals surface area contributed by atoms with Crippen LogP contribution in [0.2, 0.25) is 0 Å². The smallest absolute Gasteiger partial charge is 0.285 e. The van der Waals surface area contributed by atoms with Crippen LogP contribution in [0.3, 0.4) is 0 Å². The van der Waals surface area contributed by atoms with E-state index in [9.17, 15) is 14.9 Å². The monoisotopic (exact) mass is 387 g/mol. The first-order valence-electron chi connectivity index (χ1n) is 7.99. The van der Waals surface area contributed by atoms with Crippen LogP contribution in [-0.4, -0.2) is 22.4 Å². The van der Waals surface area contributed by atoms with Gasteiger partial charge in [0.25, 0.3) is 11.6 Å². The van der Waals surface area contributed by atoms with Gasteiger partial charge >= 0.3 is 0 Å². The summed E-state index contributed by atoms with van der Waals surface area (Å²) >= 11 is 3.26. The molecule has 0 radical (unpaired) electrons. The van der Waals surface area contributed by atoms with E-state index in [-0.39, 0.29) is 11.3 Å². The zero-order chi connectivity index (χ0) is 18.7. The summed E-state index contributed by atoms with van der Waals surface area (Å²) in [7, 11) is 0. The number of nitrogens with one attached hydrogen (secondary N) is 1. The van der Waals surface area contributed by atoms with Crippen molar-refractivity contribution in [3.63, 3.8) is 0 Å². The first kappa shape index (κ1) is 18.2. The zero-order valence-electron chi connectivity index (χ0n) is 14.3. The lowest BCUT2D eigenvalue weighted by Gasteiger charge is -2.06. The number of nitro groups is 1. The summed E-state index contributed by atoms with van der Waals surface area (Å²) < 4.78 is 0. The van der Waals surface area contributed by atoms with Gasteiger partial charge in [-0.2, -0.15) is 0 Å². The van der Waals surface area contributed by atoms with Crippen molar-refractivity contribution in [2.45, 2.75) is 20.3 Å². The minimum absolute atomic E-state index is 0.0971. The Morgan fingerprint density at radius 1 is 1.27 bits per heavy atom. The molecule has 6 nitrogen and oxygen atoms in total. The van der Waals surface area contributed by atoms with Crippen molar-refractivity contribution < 1.29 is 9.72 Å². The normalized spacial score (nSPS) is 10.7. The number of para-hydroxylation sites is 1. The molecule has 0 aliphatic heterocycles. The minimum Gasteiger partial charge on any atom is -0.351 e. The molecule has 0 fully saturated rings. The van der Waals surface area contributed by atoms with E-state index in [0.29, 0.717) is 18.5 Å².